The Bertz CT molecular complexity index is 883. The molecule has 6 heteroatoms. The fraction of sp³-hybridized carbons (Fsp3) is 0.118. The maximum Gasteiger partial charge on any atom is 0.255 e. The Morgan fingerprint density at radius 2 is 2.13 bits per heavy atom. The van der Waals surface area contributed by atoms with Crippen molar-refractivity contribution in [1.82, 2.24) is 4.98 Å². The van der Waals surface area contributed by atoms with Crippen LogP contribution in [0, 0.1) is 6.92 Å². The number of rotatable bonds is 2. The minimum Gasteiger partial charge on any atom is -0.463 e. The summed E-state index contributed by atoms with van der Waals surface area (Å²) in [6.45, 7) is 1.89. The first kappa shape index (κ1) is 13.9. The molecule has 1 amide bonds. The SMILES string of the molecule is Cc1ccc2c(n1)NC(=O)C(c1cccs1)N=C2c1ccco1. The summed E-state index contributed by atoms with van der Waals surface area (Å²) < 4.78 is 5.52. The summed E-state index contributed by atoms with van der Waals surface area (Å²) >= 11 is 1.50. The summed E-state index contributed by atoms with van der Waals surface area (Å²) in [6, 6.07) is 10.7. The highest BCUT2D eigenvalue weighted by molar-refractivity contribution is 7.10. The number of carbonyl (C=O) groups is 1. The molecular formula is C17H13N3O2S. The molecule has 1 aliphatic heterocycles. The van der Waals surface area contributed by atoms with E-state index >= 15 is 0 Å². The Kier molecular flexibility index (Phi) is 3.31. The number of aliphatic imine (C=N–C) groups is 1. The number of hydrogen-bond donors (Lipinski definition) is 1. The molecule has 4 heterocycles. The molecule has 0 aliphatic carbocycles. The van der Waals surface area contributed by atoms with Crippen LogP contribution in [0.3, 0.4) is 0 Å². The van der Waals surface area contributed by atoms with E-state index in [4.69, 9.17) is 9.41 Å². The molecule has 5 nitrogen and oxygen atoms in total. The zero-order chi connectivity index (χ0) is 15.8. The monoisotopic (exact) mass is 323 g/mol. The van der Waals surface area contributed by atoms with Gasteiger partial charge in [-0.2, -0.15) is 0 Å². The summed E-state index contributed by atoms with van der Waals surface area (Å²) in [7, 11) is 0. The van der Waals surface area contributed by atoms with Crippen molar-refractivity contribution in [1.29, 1.82) is 0 Å². The molecule has 1 N–H and O–H groups in total. The van der Waals surface area contributed by atoms with Gasteiger partial charge in [0.1, 0.15) is 11.5 Å². The second kappa shape index (κ2) is 5.48. The van der Waals surface area contributed by atoms with Crippen LogP contribution in [-0.4, -0.2) is 16.6 Å². The van der Waals surface area contributed by atoms with Gasteiger partial charge < -0.3 is 9.73 Å². The van der Waals surface area contributed by atoms with Gasteiger partial charge in [-0.15, -0.1) is 11.3 Å². The molecule has 4 rings (SSSR count). The molecule has 114 valence electrons. The molecule has 23 heavy (non-hydrogen) atoms. The molecular weight excluding hydrogens is 310 g/mol. The van der Waals surface area contributed by atoms with Gasteiger partial charge >= 0.3 is 0 Å². The van der Waals surface area contributed by atoms with Gasteiger partial charge in [0, 0.05) is 16.1 Å². The normalized spacial score (nSPS) is 17.2. The quantitative estimate of drug-likeness (QED) is 0.784. The highest BCUT2D eigenvalue weighted by Gasteiger charge is 2.29. The van der Waals surface area contributed by atoms with Crippen LogP contribution in [-0.2, 0) is 4.79 Å². The molecule has 0 fully saturated rings. The van der Waals surface area contributed by atoms with Crippen LogP contribution >= 0.6 is 11.3 Å². The Morgan fingerprint density at radius 1 is 1.22 bits per heavy atom. The summed E-state index contributed by atoms with van der Waals surface area (Å²) in [4.78, 5) is 22.6. The number of thiophene rings is 1. The summed E-state index contributed by atoms with van der Waals surface area (Å²) in [5.74, 6) is 0.951. The zero-order valence-electron chi connectivity index (χ0n) is 12.3. The van der Waals surface area contributed by atoms with E-state index in [9.17, 15) is 4.79 Å². The first-order valence-corrected chi connectivity index (χ1v) is 8.04. The van der Waals surface area contributed by atoms with Crippen molar-refractivity contribution < 1.29 is 9.21 Å². The van der Waals surface area contributed by atoms with Gasteiger partial charge in [-0.05, 0) is 42.6 Å². The second-order valence-electron chi connectivity index (χ2n) is 5.21. The van der Waals surface area contributed by atoms with Crippen LogP contribution in [0.4, 0.5) is 5.82 Å². The Labute approximate surface area is 136 Å². The lowest BCUT2D eigenvalue weighted by molar-refractivity contribution is -0.117. The average molecular weight is 323 g/mol. The number of amides is 1. The molecule has 0 spiro atoms. The van der Waals surface area contributed by atoms with Gasteiger partial charge in [-0.1, -0.05) is 6.07 Å². The average Bonchev–Trinajstić information content (AvgIpc) is 3.21. The fourth-order valence-corrected chi connectivity index (χ4v) is 3.29. The van der Waals surface area contributed by atoms with Crippen LogP contribution in [0.1, 0.15) is 27.9 Å². The smallest absolute Gasteiger partial charge is 0.255 e. The molecule has 3 aromatic heterocycles. The molecule has 0 saturated carbocycles. The standard InChI is InChI=1S/C17H13N3O2S/c1-10-6-7-11-14(12-4-2-8-22-12)19-15(13-5-3-9-23-13)17(21)20-16(11)18-10/h2-9,15H,1H3,(H,18,20,21). The Balaban J connectivity index is 1.93. The number of anilines is 1. The van der Waals surface area contributed by atoms with Crippen molar-refractivity contribution >= 4 is 28.8 Å². The molecule has 0 saturated heterocycles. The van der Waals surface area contributed by atoms with Crippen LogP contribution in [0.5, 0.6) is 0 Å². The first-order chi connectivity index (χ1) is 11.2. The number of aryl methyl sites for hydroxylation is 1. The number of furan rings is 1. The third kappa shape index (κ3) is 2.47. The summed E-state index contributed by atoms with van der Waals surface area (Å²) in [5.41, 5.74) is 2.23. The molecule has 1 aliphatic rings. The van der Waals surface area contributed by atoms with Crippen molar-refractivity contribution in [2.24, 2.45) is 4.99 Å². The molecule has 0 aromatic carbocycles. The van der Waals surface area contributed by atoms with E-state index in [0.717, 1.165) is 16.1 Å². The van der Waals surface area contributed by atoms with Gasteiger partial charge in [0.05, 0.1) is 6.26 Å². The number of nitrogens with zero attached hydrogens (tertiary/aromatic N) is 2. The maximum absolute atomic E-state index is 12.6. The third-order valence-electron chi connectivity index (χ3n) is 3.60. The number of hydrogen-bond acceptors (Lipinski definition) is 5. The number of nitrogens with one attached hydrogen (secondary N) is 1. The van der Waals surface area contributed by atoms with Crippen LogP contribution in [0.25, 0.3) is 0 Å². The minimum absolute atomic E-state index is 0.187. The minimum atomic E-state index is -0.607. The van der Waals surface area contributed by atoms with Crippen LogP contribution in [0.2, 0.25) is 0 Å². The molecule has 1 unspecified atom stereocenters. The molecule has 1 atom stereocenters. The van der Waals surface area contributed by atoms with E-state index in [2.05, 4.69) is 10.3 Å². The Hall–Kier alpha value is -2.73. The van der Waals surface area contributed by atoms with Crippen LogP contribution in [0.15, 0.2) is 57.5 Å². The lowest BCUT2D eigenvalue weighted by Crippen LogP contribution is -2.18. The topological polar surface area (TPSA) is 67.5 Å². The van der Waals surface area contributed by atoms with Crippen molar-refractivity contribution in [3.8, 4) is 0 Å². The highest BCUT2D eigenvalue weighted by Crippen LogP contribution is 2.31. The molecule has 0 radical (unpaired) electrons. The van der Waals surface area contributed by atoms with Crippen LogP contribution < -0.4 is 5.32 Å². The third-order valence-corrected chi connectivity index (χ3v) is 4.53. The fourth-order valence-electron chi connectivity index (χ4n) is 2.53. The zero-order valence-corrected chi connectivity index (χ0v) is 13.1. The molecule has 0 bridgehead atoms. The van der Waals surface area contributed by atoms with Crippen molar-refractivity contribution in [2.75, 3.05) is 5.32 Å². The van der Waals surface area contributed by atoms with E-state index in [1.54, 1.807) is 12.3 Å². The molecule has 3 aromatic rings. The number of aromatic nitrogens is 1. The van der Waals surface area contributed by atoms with Gasteiger partial charge in [0.15, 0.2) is 11.8 Å². The number of fused-ring (bicyclic) bond motifs is 1. The largest absolute Gasteiger partial charge is 0.463 e. The van der Waals surface area contributed by atoms with Crippen molar-refractivity contribution in [3.63, 3.8) is 0 Å². The number of carbonyl (C=O) groups excluding carboxylic acids is 1. The Morgan fingerprint density at radius 3 is 2.87 bits per heavy atom. The summed E-state index contributed by atoms with van der Waals surface area (Å²) in [5, 5.41) is 4.83. The predicted octanol–water partition coefficient (Wildman–Crippen LogP) is 3.58. The van der Waals surface area contributed by atoms with E-state index in [1.165, 1.54) is 11.3 Å². The maximum atomic E-state index is 12.6. The lowest BCUT2D eigenvalue weighted by atomic mass is 10.1. The predicted molar refractivity (Wildman–Crippen MR) is 89.0 cm³/mol. The van der Waals surface area contributed by atoms with Gasteiger partial charge in [-0.25, -0.2) is 4.98 Å². The van der Waals surface area contributed by atoms with E-state index in [0.29, 0.717) is 17.3 Å². The van der Waals surface area contributed by atoms with E-state index < -0.39 is 6.04 Å². The van der Waals surface area contributed by atoms with Crippen molar-refractivity contribution in [2.45, 2.75) is 13.0 Å². The van der Waals surface area contributed by atoms with Gasteiger partial charge in [0.2, 0.25) is 0 Å². The summed E-state index contributed by atoms with van der Waals surface area (Å²) in [6.07, 6.45) is 1.60. The number of pyridine rings is 1. The highest BCUT2D eigenvalue weighted by atomic mass is 32.1. The van der Waals surface area contributed by atoms with E-state index in [1.807, 2.05) is 42.6 Å². The van der Waals surface area contributed by atoms with Crippen molar-refractivity contribution in [3.05, 3.63) is 69.9 Å². The van der Waals surface area contributed by atoms with Gasteiger partial charge in [0.25, 0.3) is 5.91 Å². The lowest BCUT2D eigenvalue weighted by Gasteiger charge is -2.08. The van der Waals surface area contributed by atoms with Gasteiger partial charge in [-0.3, -0.25) is 9.79 Å². The van der Waals surface area contributed by atoms with E-state index in [-0.39, 0.29) is 5.91 Å². The second-order valence-corrected chi connectivity index (χ2v) is 6.19. The first-order valence-electron chi connectivity index (χ1n) is 7.16.